The summed E-state index contributed by atoms with van der Waals surface area (Å²) in [6.45, 7) is 4.58. The third-order valence-electron chi connectivity index (χ3n) is 2.53. The Hall–Kier alpha value is -1.54. The first kappa shape index (κ1) is 16.5. The highest BCUT2D eigenvalue weighted by Gasteiger charge is 2.35. The molecule has 0 aliphatic heterocycles. The van der Waals surface area contributed by atoms with Crippen molar-refractivity contribution in [3.05, 3.63) is 29.8 Å². The van der Waals surface area contributed by atoms with E-state index in [9.17, 15) is 22.0 Å². The minimum absolute atomic E-state index is 0.525. The second-order valence-electron chi connectivity index (χ2n) is 5.36. The van der Waals surface area contributed by atoms with Gasteiger partial charge in [0.2, 0.25) is 10.0 Å². The molecule has 20 heavy (non-hydrogen) atoms. The van der Waals surface area contributed by atoms with E-state index < -0.39 is 44.0 Å². The highest BCUT2D eigenvalue weighted by atomic mass is 32.2. The van der Waals surface area contributed by atoms with E-state index in [4.69, 9.17) is 5.11 Å². The molecule has 1 aromatic carbocycles. The number of benzene rings is 1. The van der Waals surface area contributed by atoms with E-state index in [0.29, 0.717) is 18.2 Å². The summed E-state index contributed by atoms with van der Waals surface area (Å²) in [5.74, 6) is -3.50. The van der Waals surface area contributed by atoms with Crippen LogP contribution in [-0.4, -0.2) is 25.5 Å². The SMILES string of the molecule is CC(C)(C)[C@@H](NS(=O)(=O)c1cc(F)cc(F)c1)C(=O)O. The minimum Gasteiger partial charge on any atom is -0.480 e. The van der Waals surface area contributed by atoms with Gasteiger partial charge < -0.3 is 5.11 Å². The number of halogens is 2. The van der Waals surface area contributed by atoms with Crippen LogP contribution in [0.2, 0.25) is 0 Å². The molecule has 0 amide bonds. The van der Waals surface area contributed by atoms with E-state index in [1.807, 2.05) is 4.72 Å². The zero-order valence-electron chi connectivity index (χ0n) is 11.1. The number of hydrogen-bond acceptors (Lipinski definition) is 3. The molecule has 0 aromatic heterocycles. The molecule has 112 valence electrons. The summed E-state index contributed by atoms with van der Waals surface area (Å²) in [5.41, 5.74) is -0.912. The maximum Gasteiger partial charge on any atom is 0.322 e. The van der Waals surface area contributed by atoms with Gasteiger partial charge >= 0.3 is 5.97 Å². The lowest BCUT2D eigenvalue weighted by atomic mass is 9.88. The van der Waals surface area contributed by atoms with E-state index in [1.165, 1.54) is 20.8 Å². The van der Waals surface area contributed by atoms with Gasteiger partial charge in [-0.05, 0) is 17.5 Å². The van der Waals surface area contributed by atoms with E-state index in [-0.39, 0.29) is 0 Å². The van der Waals surface area contributed by atoms with Gasteiger partial charge in [-0.25, -0.2) is 17.2 Å². The van der Waals surface area contributed by atoms with Crippen molar-refractivity contribution in [2.24, 2.45) is 5.41 Å². The lowest BCUT2D eigenvalue weighted by Crippen LogP contribution is -2.48. The first-order valence-electron chi connectivity index (χ1n) is 5.65. The molecule has 0 unspecified atom stereocenters. The molecule has 5 nitrogen and oxygen atoms in total. The number of carboxylic acids is 1. The first-order valence-corrected chi connectivity index (χ1v) is 7.13. The van der Waals surface area contributed by atoms with Crippen molar-refractivity contribution in [2.75, 3.05) is 0 Å². The van der Waals surface area contributed by atoms with Gasteiger partial charge in [-0.1, -0.05) is 20.8 Å². The second kappa shape index (κ2) is 5.45. The van der Waals surface area contributed by atoms with Crippen molar-refractivity contribution in [1.29, 1.82) is 0 Å². The Kier molecular flexibility index (Phi) is 4.50. The predicted molar refractivity (Wildman–Crippen MR) is 67.6 cm³/mol. The third-order valence-corrected chi connectivity index (χ3v) is 3.93. The lowest BCUT2D eigenvalue weighted by molar-refractivity contribution is -0.141. The van der Waals surface area contributed by atoms with E-state index in [0.717, 1.165) is 0 Å². The number of hydrogen-bond donors (Lipinski definition) is 2. The fraction of sp³-hybridized carbons (Fsp3) is 0.417. The average molecular weight is 307 g/mol. The normalized spacial score (nSPS) is 14.1. The average Bonchev–Trinajstić information content (AvgIpc) is 2.22. The molecule has 1 rings (SSSR count). The molecule has 0 heterocycles. The van der Waals surface area contributed by atoms with E-state index in [1.54, 1.807) is 0 Å². The summed E-state index contributed by atoms with van der Waals surface area (Å²) in [6.07, 6.45) is 0. The summed E-state index contributed by atoms with van der Waals surface area (Å²) in [4.78, 5) is 10.5. The molecule has 0 aliphatic carbocycles. The van der Waals surface area contributed by atoms with Crippen molar-refractivity contribution in [1.82, 2.24) is 4.72 Å². The zero-order valence-corrected chi connectivity index (χ0v) is 12.0. The number of aliphatic carboxylic acids is 1. The van der Waals surface area contributed by atoms with Gasteiger partial charge in [0.1, 0.15) is 17.7 Å². The molecule has 2 N–H and O–H groups in total. The first-order chi connectivity index (χ1) is 8.93. The van der Waals surface area contributed by atoms with E-state index in [2.05, 4.69) is 0 Å². The van der Waals surface area contributed by atoms with E-state index >= 15 is 0 Å². The van der Waals surface area contributed by atoms with Gasteiger partial charge in [0.15, 0.2) is 0 Å². The van der Waals surface area contributed by atoms with Crippen LogP contribution in [0, 0.1) is 17.0 Å². The molecule has 0 saturated heterocycles. The van der Waals surface area contributed by atoms with Crippen LogP contribution in [0.5, 0.6) is 0 Å². The molecule has 0 bridgehead atoms. The monoisotopic (exact) mass is 307 g/mol. The van der Waals surface area contributed by atoms with Crippen LogP contribution in [0.4, 0.5) is 8.78 Å². The molecule has 0 fully saturated rings. The van der Waals surface area contributed by atoms with Crippen molar-refractivity contribution in [3.8, 4) is 0 Å². The Morgan fingerprint density at radius 1 is 1.20 bits per heavy atom. The summed E-state index contributed by atoms with van der Waals surface area (Å²) in [5, 5.41) is 9.05. The van der Waals surface area contributed by atoms with Gasteiger partial charge in [-0.2, -0.15) is 4.72 Å². The number of carboxylic acid groups (broad SMARTS) is 1. The fourth-order valence-electron chi connectivity index (χ4n) is 1.50. The summed E-state index contributed by atoms with van der Waals surface area (Å²) in [7, 11) is -4.34. The summed E-state index contributed by atoms with van der Waals surface area (Å²) >= 11 is 0. The highest BCUT2D eigenvalue weighted by Crippen LogP contribution is 2.22. The van der Waals surface area contributed by atoms with Crippen LogP contribution >= 0.6 is 0 Å². The van der Waals surface area contributed by atoms with Crippen molar-refractivity contribution < 1.29 is 27.1 Å². The number of nitrogens with one attached hydrogen (secondary N) is 1. The number of sulfonamides is 1. The van der Waals surface area contributed by atoms with Crippen LogP contribution in [0.3, 0.4) is 0 Å². The topological polar surface area (TPSA) is 83.5 Å². The van der Waals surface area contributed by atoms with Crippen LogP contribution in [0.15, 0.2) is 23.1 Å². The van der Waals surface area contributed by atoms with Crippen molar-refractivity contribution >= 4 is 16.0 Å². The van der Waals surface area contributed by atoms with Crippen LogP contribution in [0.1, 0.15) is 20.8 Å². The fourth-order valence-corrected chi connectivity index (χ4v) is 2.94. The quantitative estimate of drug-likeness (QED) is 0.887. The van der Waals surface area contributed by atoms with Gasteiger partial charge in [0, 0.05) is 6.07 Å². The van der Waals surface area contributed by atoms with Crippen LogP contribution < -0.4 is 4.72 Å². The molecule has 1 aromatic rings. The zero-order chi connectivity index (χ0) is 15.7. The lowest BCUT2D eigenvalue weighted by Gasteiger charge is -2.27. The highest BCUT2D eigenvalue weighted by molar-refractivity contribution is 7.89. The van der Waals surface area contributed by atoms with Crippen LogP contribution in [0.25, 0.3) is 0 Å². The Bertz CT molecular complexity index is 603. The Balaban J connectivity index is 3.20. The standard InChI is InChI=1S/C12H15F2NO4S/c1-12(2,3)10(11(16)17)15-20(18,19)9-5-7(13)4-8(14)6-9/h4-6,10,15H,1-3H3,(H,16,17)/t10-/m0/s1. The van der Waals surface area contributed by atoms with Crippen molar-refractivity contribution in [3.63, 3.8) is 0 Å². The molecule has 1 atom stereocenters. The maximum atomic E-state index is 13.0. The van der Waals surface area contributed by atoms with Crippen molar-refractivity contribution in [2.45, 2.75) is 31.7 Å². The van der Waals surface area contributed by atoms with Gasteiger partial charge in [-0.3, -0.25) is 4.79 Å². The molecule has 0 spiro atoms. The van der Waals surface area contributed by atoms with Gasteiger partial charge in [0.25, 0.3) is 0 Å². The molecule has 0 radical (unpaired) electrons. The third kappa shape index (κ3) is 3.97. The van der Waals surface area contributed by atoms with Crippen LogP contribution in [-0.2, 0) is 14.8 Å². The molecule has 0 aliphatic rings. The molecular formula is C12H15F2NO4S. The summed E-state index contributed by atoms with van der Waals surface area (Å²) < 4.78 is 52.0. The summed E-state index contributed by atoms with van der Waals surface area (Å²) in [6, 6.07) is 0.330. The largest absolute Gasteiger partial charge is 0.480 e. The molecular weight excluding hydrogens is 292 g/mol. The maximum absolute atomic E-state index is 13.0. The minimum atomic E-state index is -4.34. The smallest absolute Gasteiger partial charge is 0.322 e. The van der Waals surface area contributed by atoms with Gasteiger partial charge in [-0.15, -0.1) is 0 Å². The Morgan fingerprint density at radius 3 is 2.00 bits per heavy atom. The predicted octanol–water partition coefficient (Wildman–Crippen LogP) is 1.74. The molecule has 0 saturated carbocycles. The number of rotatable bonds is 4. The van der Waals surface area contributed by atoms with Gasteiger partial charge in [0.05, 0.1) is 4.90 Å². The Morgan fingerprint density at radius 2 is 1.65 bits per heavy atom. The number of carbonyl (C=O) groups is 1. The molecule has 8 heteroatoms. The Labute approximate surface area is 115 Å². The second-order valence-corrected chi connectivity index (χ2v) is 7.08.